The first-order chi connectivity index (χ1) is 13.1. The van der Waals surface area contributed by atoms with Gasteiger partial charge in [-0.25, -0.2) is 4.79 Å². The monoisotopic (exact) mass is 423 g/mol. The normalized spacial score (nSPS) is 16.3. The third-order valence-corrected chi connectivity index (χ3v) is 5.04. The highest BCUT2D eigenvalue weighted by atomic mass is 32.2. The molecule has 6 N–H and O–H groups in total. The Morgan fingerprint density at radius 2 is 1.93 bits per heavy atom. The van der Waals surface area contributed by atoms with Gasteiger partial charge in [0.2, 0.25) is 5.91 Å². The zero-order valence-electron chi connectivity index (χ0n) is 15.7. The van der Waals surface area contributed by atoms with Crippen LogP contribution in [0.15, 0.2) is 12.7 Å². The first-order valence-electron chi connectivity index (χ1n) is 8.74. The van der Waals surface area contributed by atoms with Crippen molar-refractivity contribution >= 4 is 29.6 Å². The van der Waals surface area contributed by atoms with Crippen molar-refractivity contribution in [3.63, 3.8) is 0 Å². The number of Topliss-reactive ketones (excluding diaryl/α,β-unsaturated/α-hetero) is 1. The number of nitrogens with one attached hydrogen (secondary N) is 1. The minimum atomic E-state index is -2.36. The van der Waals surface area contributed by atoms with Gasteiger partial charge in [-0.1, -0.05) is 13.5 Å². The van der Waals surface area contributed by atoms with E-state index in [9.17, 15) is 29.7 Å². The molecule has 0 spiro atoms. The van der Waals surface area contributed by atoms with E-state index < -0.39 is 42.5 Å². The van der Waals surface area contributed by atoms with Crippen LogP contribution in [0.1, 0.15) is 26.2 Å². The second-order valence-electron chi connectivity index (χ2n) is 5.96. The SMILES string of the molecule is C=CC(=O)NCCSCCC[C@](O)(C(=O)CC)[C@@H](OC(=O)O)[C@@H](O)[C@H](O)CO. The lowest BCUT2D eigenvalue weighted by Gasteiger charge is -2.37. The Balaban J connectivity index is 5.00. The number of carbonyl (C=O) groups excluding carboxylic acids is 2. The quantitative estimate of drug-likeness (QED) is 0.112. The van der Waals surface area contributed by atoms with Crippen molar-refractivity contribution in [3.05, 3.63) is 12.7 Å². The molecule has 0 aromatic heterocycles. The summed E-state index contributed by atoms with van der Waals surface area (Å²) in [5.41, 5.74) is -2.36. The fourth-order valence-corrected chi connectivity index (χ4v) is 3.28. The number of aliphatic hydroxyl groups excluding tert-OH is 3. The molecule has 0 bridgehead atoms. The van der Waals surface area contributed by atoms with Crippen LogP contribution in [0.25, 0.3) is 0 Å². The fourth-order valence-electron chi connectivity index (χ4n) is 2.48. The number of hydrogen-bond donors (Lipinski definition) is 6. The Morgan fingerprint density at radius 3 is 2.43 bits per heavy atom. The summed E-state index contributed by atoms with van der Waals surface area (Å²) in [7, 11) is 0. The first kappa shape index (κ1) is 26.3. The molecule has 4 atom stereocenters. The Kier molecular flexibility index (Phi) is 12.7. The average Bonchev–Trinajstić information content (AvgIpc) is 2.68. The van der Waals surface area contributed by atoms with E-state index in [1.54, 1.807) is 0 Å². The zero-order chi connectivity index (χ0) is 21.7. The minimum absolute atomic E-state index is 0.154. The molecular formula is C17H29NO9S. The predicted molar refractivity (Wildman–Crippen MR) is 102 cm³/mol. The molecule has 0 aliphatic heterocycles. The van der Waals surface area contributed by atoms with Gasteiger partial charge in [0.25, 0.3) is 0 Å². The molecular weight excluding hydrogens is 394 g/mol. The number of hydrogen-bond acceptors (Lipinski definition) is 9. The number of aliphatic hydroxyl groups is 4. The molecule has 1 amide bonds. The third kappa shape index (κ3) is 8.57. The molecule has 0 saturated carbocycles. The highest BCUT2D eigenvalue weighted by molar-refractivity contribution is 7.99. The van der Waals surface area contributed by atoms with Crippen LogP contribution < -0.4 is 5.32 Å². The zero-order valence-corrected chi connectivity index (χ0v) is 16.6. The van der Waals surface area contributed by atoms with E-state index in [1.165, 1.54) is 18.7 Å². The standard InChI is InChI=1S/C17H29NO9S/c1-3-12(21)17(26,6-5-8-28-9-7-18-13(22)4-2)15(27-16(24)25)14(23)11(20)10-19/h4,11,14-15,19-20,23,26H,2-3,5-10H2,1H3,(H,18,22)(H,24,25)/t11-,14+,15+,17+/m1/s1. The van der Waals surface area contributed by atoms with Crippen molar-refractivity contribution in [3.8, 4) is 0 Å². The summed E-state index contributed by atoms with van der Waals surface area (Å²) < 4.78 is 4.52. The lowest BCUT2D eigenvalue weighted by molar-refractivity contribution is -0.179. The summed E-state index contributed by atoms with van der Waals surface area (Å²) in [6.45, 7) is 4.27. The van der Waals surface area contributed by atoms with E-state index in [-0.39, 0.29) is 25.2 Å². The molecule has 0 radical (unpaired) electrons. The van der Waals surface area contributed by atoms with Crippen molar-refractivity contribution in [1.82, 2.24) is 5.32 Å². The van der Waals surface area contributed by atoms with Gasteiger partial charge < -0.3 is 35.6 Å². The molecule has 0 rings (SSSR count). The topological polar surface area (TPSA) is 174 Å². The first-order valence-corrected chi connectivity index (χ1v) is 9.89. The van der Waals surface area contributed by atoms with E-state index >= 15 is 0 Å². The van der Waals surface area contributed by atoms with Crippen LogP contribution in [0.3, 0.4) is 0 Å². The third-order valence-electron chi connectivity index (χ3n) is 3.97. The molecule has 28 heavy (non-hydrogen) atoms. The van der Waals surface area contributed by atoms with Gasteiger partial charge in [-0.3, -0.25) is 9.59 Å². The minimum Gasteiger partial charge on any atom is -0.450 e. The van der Waals surface area contributed by atoms with E-state index in [4.69, 9.17) is 10.2 Å². The van der Waals surface area contributed by atoms with Gasteiger partial charge in [-0.05, 0) is 24.7 Å². The maximum atomic E-state index is 12.3. The van der Waals surface area contributed by atoms with Crippen molar-refractivity contribution in [2.24, 2.45) is 0 Å². The molecule has 0 heterocycles. The van der Waals surface area contributed by atoms with Gasteiger partial charge in [0, 0.05) is 18.7 Å². The number of carboxylic acid groups (broad SMARTS) is 1. The predicted octanol–water partition coefficient (Wildman–Crippen LogP) is -0.710. The van der Waals surface area contributed by atoms with E-state index in [0.717, 1.165) is 6.08 Å². The molecule has 0 aliphatic rings. The summed E-state index contributed by atoms with van der Waals surface area (Å²) in [5, 5.41) is 51.0. The molecule has 0 aliphatic carbocycles. The molecule has 162 valence electrons. The Bertz CT molecular complexity index is 531. The van der Waals surface area contributed by atoms with Crippen LogP contribution in [-0.2, 0) is 14.3 Å². The lowest BCUT2D eigenvalue weighted by Crippen LogP contribution is -2.59. The van der Waals surface area contributed by atoms with E-state index in [1.807, 2.05) is 0 Å². The molecule has 0 aromatic rings. The number of rotatable bonds is 15. The molecule has 0 saturated heterocycles. The highest BCUT2D eigenvalue weighted by Gasteiger charge is 2.50. The second-order valence-corrected chi connectivity index (χ2v) is 7.18. The van der Waals surface area contributed by atoms with Gasteiger partial charge in [0.15, 0.2) is 17.5 Å². The van der Waals surface area contributed by atoms with Crippen molar-refractivity contribution < 1.29 is 44.7 Å². The van der Waals surface area contributed by atoms with Crippen LogP contribution in [0, 0.1) is 0 Å². The largest absolute Gasteiger partial charge is 0.506 e. The van der Waals surface area contributed by atoms with Crippen LogP contribution in [0.4, 0.5) is 4.79 Å². The summed E-state index contributed by atoms with van der Waals surface area (Å²) in [6.07, 6.45) is -6.57. The number of ether oxygens (including phenoxy) is 1. The summed E-state index contributed by atoms with van der Waals surface area (Å²) >= 11 is 1.43. The maximum absolute atomic E-state index is 12.3. The van der Waals surface area contributed by atoms with Crippen LogP contribution in [-0.4, -0.2) is 91.9 Å². The number of thioether (sulfide) groups is 1. The van der Waals surface area contributed by atoms with Gasteiger partial charge in [-0.15, -0.1) is 0 Å². The molecule has 11 heteroatoms. The fraction of sp³-hybridized carbons (Fsp3) is 0.706. The van der Waals surface area contributed by atoms with Crippen molar-refractivity contribution in [2.75, 3.05) is 24.7 Å². The number of ketones is 1. The molecule has 0 aromatic carbocycles. The van der Waals surface area contributed by atoms with E-state index in [0.29, 0.717) is 18.1 Å². The highest BCUT2D eigenvalue weighted by Crippen LogP contribution is 2.28. The van der Waals surface area contributed by atoms with Gasteiger partial charge in [0.05, 0.1) is 6.61 Å². The van der Waals surface area contributed by atoms with Crippen molar-refractivity contribution in [2.45, 2.75) is 50.1 Å². The molecule has 0 unspecified atom stereocenters. The number of carbonyl (C=O) groups is 3. The lowest BCUT2D eigenvalue weighted by atomic mass is 9.82. The van der Waals surface area contributed by atoms with Crippen LogP contribution in [0.2, 0.25) is 0 Å². The smallest absolute Gasteiger partial charge is 0.450 e. The van der Waals surface area contributed by atoms with Gasteiger partial charge in [-0.2, -0.15) is 11.8 Å². The molecule has 0 fully saturated rings. The Morgan fingerprint density at radius 1 is 1.29 bits per heavy atom. The van der Waals surface area contributed by atoms with Crippen molar-refractivity contribution in [1.29, 1.82) is 0 Å². The molecule has 10 nitrogen and oxygen atoms in total. The summed E-state index contributed by atoms with van der Waals surface area (Å²) in [4.78, 5) is 34.3. The Hall–Kier alpha value is -1.66. The van der Waals surface area contributed by atoms with Crippen LogP contribution >= 0.6 is 11.8 Å². The second kappa shape index (κ2) is 13.5. The summed E-state index contributed by atoms with van der Waals surface area (Å²) in [5.74, 6) is -0.0118. The van der Waals surface area contributed by atoms with E-state index in [2.05, 4.69) is 16.6 Å². The van der Waals surface area contributed by atoms with Gasteiger partial charge in [0.1, 0.15) is 12.2 Å². The van der Waals surface area contributed by atoms with Gasteiger partial charge >= 0.3 is 6.16 Å². The van der Waals surface area contributed by atoms with Crippen LogP contribution in [0.5, 0.6) is 0 Å². The number of amides is 1. The maximum Gasteiger partial charge on any atom is 0.506 e. The summed E-state index contributed by atoms with van der Waals surface area (Å²) in [6, 6.07) is 0. The Labute approximate surface area is 167 Å². The average molecular weight is 423 g/mol.